The van der Waals surface area contributed by atoms with Crippen molar-refractivity contribution in [2.24, 2.45) is 0 Å². The summed E-state index contributed by atoms with van der Waals surface area (Å²) in [6.07, 6.45) is 2.59. The van der Waals surface area contributed by atoms with Gasteiger partial charge in [-0.1, -0.05) is 0 Å². The summed E-state index contributed by atoms with van der Waals surface area (Å²) in [5.41, 5.74) is 6.00. The molecule has 3 N–H and O–H groups in total. The van der Waals surface area contributed by atoms with Crippen LogP contribution in [0.5, 0.6) is 0 Å². The van der Waals surface area contributed by atoms with Crippen LogP contribution in [-0.4, -0.2) is 30.1 Å². The van der Waals surface area contributed by atoms with Gasteiger partial charge in [0.25, 0.3) is 5.91 Å². The quantitative estimate of drug-likeness (QED) is 0.855. The molecule has 1 fully saturated rings. The van der Waals surface area contributed by atoms with Crippen LogP contribution in [0.15, 0.2) is 12.4 Å². The smallest absolute Gasteiger partial charge is 0.263 e. The first-order valence-electron chi connectivity index (χ1n) is 5.37. The van der Waals surface area contributed by atoms with Gasteiger partial charge < -0.3 is 15.8 Å². The monoisotopic (exact) mass is 267 g/mol. The van der Waals surface area contributed by atoms with Gasteiger partial charge in [0.1, 0.15) is 4.88 Å². The van der Waals surface area contributed by atoms with E-state index < -0.39 is 5.82 Å². The second-order valence-electron chi connectivity index (χ2n) is 4.05. The number of pyridine rings is 1. The molecule has 0 aromatic carbocycles. The second-order valence-corrected chi connectivity index (χ2v) is 5.10. The highest BCUT2D eigenvalue weighted by molar-refractivity contribution is 7.21. The van der Waals surface area contributed by atoms with Gasteiger partial charge in [0.2, 0.25) is 0 Å². The fourth-order valence-electron chi connectivity index (χ4n) is 1.77. The Kier molecular flexibility index (Phi) is 2.64. The first-order chi connectivity index (χ1) is 8.66. The molecule has 1 aliphatic heterocycles. The molecular weight excluding hydrogens is 257 g/mol. The van der Waals surface area contributed by atoms with Gasteiger partial charge in [-0.25, -0.2) is 4.39 Å². The molecule has 3 heterocycles. The van der Waals surface area contributed by atoms with Crippen LogP contribution >= 0.6 is 11.3 Å². The Bertz CT molecular complexity index is 624. The molecule has 18 heavy (non-hydrogen) atoms. The molecule has 0 aliphatic carbocycles. The van der Waals surface area contributed by atoms with E-state index in [2.05, 4.69) is 10.3 Å². The zero-order chi connectivity index (χ0) is 12.7. The van der Waals surface area contributed by atoms with Crippen LogP contribution in [0.1, 0.15) is 9.67 Å². The molecule has 0 spiro atoms. The number of rotatable bonds is 2. The Morgan fingerprint density at radius 3 is 2.94 bits per heavy atom. The zero-order valence-corrected chi connectivity index (χ0v) is 10.1. The van der Waals surface area contributed by atoms with Crippen molar-refractivity contribution >= 4 is 33.0 Å². The molecule has 94 valence electrons. The van der Waals surface area contributed by atoms with E-state index >= 15 is 0 Å². The number of ether oxygens (including phenoxy) is 1. The van der Waals surface area contributed by atoms with Gasteiger partial charge >= 0.3 is 0 Å². The maximum atomic E-state index is 13.6. The number of amides is 1. The number of anilines is 1. The standard InChI is InChI=1S/C11H10FN3O2S/c12-6-1-14-2-7-8(6)9(13)10(18-7)11(16)15-5-3-17-4-5/h1-2,5H,3-4,13H2,(H,15,16). The molecule has 1 saturated heterocycles. The van der Waals surface area contributed by atoms with Crippen molar-refractivity contribution in [3.63, 3.8) is 0 Å². The lowest BCUT2D eigenvalue weighted by molar-refractivity contribution is -0.00337. The summed E-state index contributed by atoms with van der Waals surface area (Å²) in [7, 11) is 0. The van der Waals surface area contributed by atoms with Crippen molar-refractivity contribution in [2.45, 2.75) is 6.04 Å². The van der Waals surface area contributed by atoms with Crippen LogP contribution < -0.4 is 11.1 Å². The summed E-state index contributed by atoms with van der Waals surface area (Å²) in [4.78, 5) is 16.0. The normalized spacial score (nSPS) is 15.6. The Morgan fingerprint density at radius 1 is 1.56 bits per heavy atom. The van der Waals surface area contributed by atoms with Crippen molar-refractivity contribution < 1.29 is 13.9 Å². The number of hydrogen-bond donors (Lipinski definition) is 2. The van der Waals surface area contributed by atoms with Crippen LogP contribution in [0.25, 0.3) is 10.1 Å². The van der Waals surface area contributed by atoms with E-state index in [1.54, 1.807) is 0 Å². The minimum atomic E-state index is -0.507. The van der Waals surface area contributed by atoms with E-state index in [-0.39, 0.29) is 23.0 Å². The number of fused-ring (bicyclic) bond motifs is 1. The third-order valence-electron chi connectivity index (χ3n) is 2.77. The summed E-state index contributed by atoms with van der Waals surface area (Å²) in [5.74, 6) is -0.798. The molecule has 0 bridgehead atoms. The van der Waals surface area contributed by atoms with E-state index in [1.165, 1.54) is 6.20 Å². The van der Waals surface area contributed by atoms with Crippen molar-refractivity contribution in [3.8, 4) is 0 Å². The predicted molar refractivity (Wildman–Crippen MR) is 66.1 cm³/mol. The SMILES string of the molecule is Nc1c(C(=O)NC2COC2)sc2cncc(F)c12. The molecule has 7 heteroatoms. The van der Waals surface area contributed by atoms with E-state index in [0.717, 1.165) is 17.5 Å². The molecule has 0 saturated carbocycles. The first kappa shape index (κ1) is 11.4. The molecule has 0 atom stereocenters. The summed E-state index contributed by atoms with van der Waals surface area (Å²) >= 11 is 1.14. The molecule has 2 aromatic heterocycles. The number of nitrogens with one attached hydrogen (secondary N) is 1. The number of halogens is 1. The average molecular weight is 267 g/mol. The third-order valence-corrected chi connectivity index (χ3v) is 3.91. The number of nitrogen functional groups attached to an aromatic ring is 1. The molecule has 1 amide bonds. The van der Waals surface area contributed by atoms with Gasteiger partial charge in [-0.15, -0.1) is 11.3 Å². The number of carbonyl (C=O) groups is 1. The van der Waals surface area contributed by atoms with Gasteiger partial charge in [-0.3, -0.25) is 9.78 Å². The molecular formula is C11H10FN3O2S. The van der Waals surface area contributed by atoms with E-state index in [9.17, 15) is 9.18 Å². The topological polar surface area (TPSA) is 77.2 Å². The lowest BCUT2D eigenvalue weighted by Crippen LogP contribution is -2.48. The van der Waals surface area contributed by atoms with Gasteiger partial charge in [0.05, 0.1) is 41.2 Å². The van der Waals surface area contributed by atoms with Gasteiger partial charge in [0, 0.05) is 6.20 Å². The van der Waals surface area contributed by atoms with E-state index in [4.69, 9.17) is 10.5 Å². The largest absolute Gasteiger partial charge is 0.397 e. The number of nitrogens with zero attached hydrogens (tertiary/aromatic N) is 1. The Balaban J connectivity index is 1.98. The molecule has 1 aliphatic rings. The first-order valence-corrected chi connectivity index (χ1v) is 6.18. The van der Waals surface area contributed by atoms with Crippen LogP contribution in [-0.2, 0) is 4.74 Å². The summed E-state index contributed by atoms with van der Waals surface area (Å²) in [5, 5.41) is 3.05. The highest BCUT2D eigenvalue weighted by atomic mass is 32.1. The molecule has 0 radical (unpaired) electrons. The lowest BCUT2D eigenvalue weighted by atomic mass is 10.2. The Labute approximate surface area is 106 Å². The van der Waals surface area contributed by atoms with Gasteiger partial charge in [0.15, 0.2) is 5.82 Å². The maximum Gasteiger partial charge on any atom is 0.263 e. The van der Waals surface area contributed by atoms with Crippen LogP contribution in [0.4, 0.5) is 10.1 Å². The van der Waals surface area contributed by atoms with Crippen molar-refractivity contribution in [3.05, 3.63) is 23.1 Å². The third kappa shape index (κ3) is 1.72. The second kappa shape index (κ2) is 4.18. The number of thiophene rings is 1. The molecule has 5 nitrogen and oxygen atoms in total. The Morgan fingerprint density at radius 2 is 2.33 bits per heavy atom. The minimum Gasteiger partial charge on any atom is -0.397 e. The Hall–Kier alpha value is -1.73. The number of carbonyl (C=O) groups excluding carboxylic acids is 1. The number of nitrogens with two attached hydrogens (primary N) is 1. The molecule has 3 rings (SSSR count). The highest BCUT2D eigenvalue weighted by Gasteiger charge is 2.24. The summed E-state index contributed by atoms with van der Waals surface area (Å²) in [6, 6.07) is 0.0186. The van der Waals surface area contributed by atoms with Crippen molar-refractivity contribution in [2.75, 3.05) is 18.9 Å². The van der Waals surface area contributed by atoms with Crippen LogP contribution in [0.2, 0.25) is 0 Å². The summed E-state index contributed by atoms with van der Waals surface area (Å²) < 4.78 is 19.1. The van der Waals surface area contributed by atoms with Crippen LogP contribution in [0, 0.1) is 5.82 Å². The zero-order valence-electron chi connectivity index (χ0n) is 9.27. The highest BCUT2D eigenvalue weighted by Crippen LogP contribution is 2.34. The fourth-order valence-corrected chi connectivity index (χ4v) is 2.78. The number of hydrogen-bond acceptors (Lipinski definition) is 5. The van der Waals surface area contributed by atoms with Crippen molar-refractivity contribution in [1.82, 2.24) is 10.3 Å². The lowest BCUT2D eigenvalue weighted by Gasteiger charge is -2.26. The van der Waals surface area contributed by atoms with E-state index in [1.807, 2.05) is 0 Å². The summed E-state index contributed by atoms with van der Waals surface area (Å²) in [6.45, 7) is 1.01. The molecule has 2 aromatic rings. The number of aromatic nitrogens is 1. The van der Waals surface area contributed by atoms with Crippen LogP contribution in [0.3, 0.4) is 0 Å². The average Bonchev–Trinajstić information content (AvgIpc) is 2.63. The van der Waals surface area contributed by atoms with Crippen molar-refractivity contribution in [1.29, 1.82) is 0 Å². The maximum absolute atomic E-state index is 13.6. The fraction of sp³-hybridized carbons (Fsp3) is 0.273. The predicted octanol–water partition coefficient (Wildman–Crippen LogP) is 1.15. The van der Waals surface area contributed by atoms with Gasteiger partial charge in [-0.05, 0) is 0 Å². The van der Waals surface area contributed by atoms with E-state index in [0.29, 0.717) is 22.8 Å². The minimum absolute atomic E-state index is 0.0186. The van der Waals surface area contributed by atoms with Gasteiger partial charge in [-0.2, -0.15) is 0 Å². The molecule has 0 unspecified atom stereocenters.